The number of carbonyl (C=O) groups excluding carboxylic acids is 1. The molecule has 1 aromatic rings. The number of halogens is 1. The predicted molar refractivity (Wildman–Crippen MR) is 77.8 cm³/mol. The molecule has 1 unspecified atom stereocenters. The Kier molecular flexibility index (Phi) is 4.43. The maximum Gasteiger partial charge on any atom is 0.248 e. The van der Waals surface area contributed by atoms with Crippen LogP contribution in [-0.2, 0) is 6.54 Å². The Bertz CT molecular complexity index is 499. The van der Waals surface area contributed by atoms with Crippen LogP contribution in [0.1, 0.15) is 55.5 Å². The van der Waals surface area contributed by atoms with Crippen molar-refractivity contribution in [1.82, 2.24) is 5.32 Å². The van der Waals surface area contributed by atoms with Gasteiger partial charge < -0.3 is 11.1 Å². The predicted octanol–water partition coefficient (Wildman–Crippen LogP) is 2.98. The van der Waals surface area contributed by atoms with E-state index in [0.717, 1.165) is 6.42 Å². The van der Waals surface area contributed by atoms with Gasteiger partial charge in [-0.2, -0.15) is 0 Å². The van der Waals surface area contributed by atoms with Crippen molar-refractivity contribution in [1.29, 1.82) is 0 Å². The number of amides is 1. The third-order valence-corrected chi connectivity index (χ3v) is 4.38. The third-order valence-electron chi connectivity index (χ3n) is 4.38. The summed E-state index contributed by atoms with van der Waals surface area (Å²) in [6.45, 7) is 4.93. The first-order chi connectivity index (χ1) is 9.40. The summed E-state index contributed by atoms with van der Waals surface area (Å²) < 4.78 is 13.8. The number of nitrogens with two attached hydrogens (primary N) is 1. The van der Waals surface area contributed by atoms with Gasteiger partial charge in [0.15, 0.2) is 0 Å². The zero-order chi connectivity index (χ0) is 14.8. The molecule has 0 saturated heterocycles. The summed E-state index contributed by atoms with van der Waals surface area (Å²) in [6, 6.07) is 4.66. The van der Waals surface area contributed by atoms with Crippen LogP contribution >= 0.6 is 0 Å². The highest BCUT2D eigenvalue weighted by molar-refractivity contribution is 5.92. The Morgan fingerprint density at radius 1 is 1.45 bits per heavy atom. The molecule has 1 saturated carbocycles. The van der Waals surface area contributed by atoms with Crippen LogP contribution in [0.25, 0.3) is 0 Å². The van der Waals surface area contributed by atoms with Crippen LogP contribution in [0.3, 0.4) is 0 Å². The van der Waals surface area contributed by atoms with E-state index in [0.29, 0.717) is 23.7 Å². The van der Waals surface area contributed by atoms with Crippen LogP contribution in [0.5, 0.6) is 0 Å². The van der Waals surface area contributed by atoms with Gasteiger partial charge in [-0.05, 0) is 36.5 Å². The van der Waals surface area contributed by atoms with Gasteiger partial charge in [-0.15, -0.1) is 0 Å². The minimum atomic E-state index is -0.524. The Morgan fingerprint density at radius 3 is 2.85 bits per heavy atom. The van der Waals surface area contributed by atoms with E-state index in [-0.39, 0.29) is 11.2 Å². The largest absolute Gasteiger partial charge is 0.366 e. The van der Waals surface area contributed by atoms with Gasteiger partial charge in [0, 0.05) is 23.7 Å². The number of hydrogen-bond acceptors (Lipinski definition) is 2. The SMILES string of the molecule is CC1(C)CCCCC1NCc1cc(C(N)=O)ccc1F. The summed E-state index contributed by atoms with van der Waals surface area (Å²) in [7, 11) is 0. The average Bonchev–Trinajstić information content (AvgIpc) is 2.38. The number of hydrogen-bond donors (Lipinski definition) is 2. The molecule has 0 aliphatic heterocycles. The van der Waals surface area contributed by atoms with Crippen molar-refractivity contribution in [3.05, 3.63) is 35.1 Å². The number of rotatable bonds is 4. The second kappa shape index (κ2) is 5.92. The van der Waals surface area contributed by atoms with E-state index < -0.39 is 5.91 Å². The molecule has 0 radical (unpaired) electrons. The topological polar surface area (TPSA) is 55.1 Å². The first kappa shape index (κ1) is 15.0. The minimum Gasteiger partial charge on any atom is -0.366 e. The van der Waals surface area contributed by atoms with Crippen molar-refractivity contribution in [3.8, 4) is 0 Å². The highest BCUT2D eigenvalue weighted by Crippen LogP contribution is 2.35. The van der Waals surface area contributed by atoms with E-state index in [9.17, 15) is 9.18 Å². The third kappa shape index (κ3) is 3.37. The fourth-order valence-electron chi connectivity index (χ4n) is 2.97. The van der Waals surface area contributed by atoms with Gasteiger partial charge in [-0.3, -0.25) is 4.79 Å². The average molecular weight is 278 g/mol. The summed E-state index contributed by atoms with van der Waals surface area (Å²) in [4.78, 5) is 11.2. The lowest BCUT2D eigenvalue weighted by Gasteiger charge is -2.39. The van der Waals surface area contributed by atoms with Gasteiger partial charge in [0.25, 0.3) is 0 Å². The molecule has 20 heavy (non-hydrogen) atoms. The quantitative estimate of drug-likeness (QED) is 0.889. The number of nitrogens with one attached hydrogen (secondary N) is 1. The molecule has 0 heterocycles. The van der Waals surface area contributed by atoms with E-state index in [1.165, 1.54) is 31.4 Å². The van der Waals surface area contributed by atoms with Crippen LogP contribution in [0.4, 0.5) is 4.39 Å². The Morgan fingerprint density at radius 2 is 2.20 bits per heavy atom. The highest BCUT2D eigenvalue weighted by atomic mass is 19.1. The van der Waals surface area contributed by atoms with Gasteiger partial charge in [-0.1, -0.05) is 26.7 Å². The second-order valence-electron chi connectivity index (χ2n) is 6.34. The van der Waals surface area contributed by atoms with E-state index in [1.807, 2.05) is 0 Å². The molecule has 3 nitrogen and oxygen atoms in total. The molecule has 4 heteroatoms. The first-order valence-electron chi connectivity index (χ1n) is 7.22. The lowest BCUT2D eigenvalue weighted by Crippen LogP contribution is -2.43. The fraction of sp³-hybridized carbons (Fsp3) is 0.562. The maximum absolute atomic E-state index is 13.8. The number of primary amides is 1. The Hall–Kier alpha value is -1.42. The molecule has 1 atom stereocenters. The van der Waals surface area contributed by atoms with Crippen LogP contribution in [0.15, 0.2) is 18.2 Å². The van der Waals surface area contributed by atoms with Gasteiger partial charge in [0.2, 0.25) is 5.91 Å². The lowest BCUT2D eigenvalue weighted by molar-refractivity contribution is 0.1000. The van der Waals surface area contributed by atoms with Crippen LogP contribution in [-0.4, -0.2) is 11.9 Å². The number of carbonyl (C=O) groups is 1. The van der Waals surface area contributed by atoms with Crippen LogP contribution in [0, 0.1) is 11.2 Å². The molecular formula is C16H23FN2O. The summed E-state index contributed by atoms with van der Waals surface area (Å²) in [5.41, 5.74) is 6.32. The molecule has 1 amide bonds. The number of benzene rings is 1. The lowest BCUT2D eigenvalue weighted by atomic mass is 9.73. The zero-order valence-electron chi connectivity index (χ0n) is 12.2. The molecule has 1 aliphatic rings. The van der Waals surface area contributed by atoms with Crippen LogP contribution in [0.2, 0.25) is 0 Å². The van der Waals surface area contributed by atoms with Crippen molar-refractivity contribution < 1.29 is 9.18 Å². The normalized spacial score (nSPS) is 21.6. The minimum absolute atomic E-state index is 0.232. The molecular weight excluding hydrogens is 255 g/mol. The van der Waals surface area contributed by atoms with E-state index >= 15 is 0 Å². The van der Waals surface area contributed by atoms with Crippen molar-refractivity contribution >= 4 is 5.91 Å². The molecule has 0 aromatic heterocycles. The molecule has 3 N–H and O–H groups in total. The fourth-order valence-corrected chi connectivity index (χ4v) is 2.97. The van der Waals surface area contributed by atoms with Crippen molar-refractivity contribution in [2.75, 3.05) is 0 Å². The van der Waals surface area contributed by atoms with Crippen molar-refractivity contribution in [3.63, 3.8) is 0 Å². The zero-order valence-corrected chi connectivity index (χ0v) is 12.2. The summed E-state index contributed by atoms with van der Waals surface area (Å²) in [5, 5.41) is 3.44. The van der Waals surface area contributed by atoms with E-state index in [4.69, 9.17) is 5.73 Å². The molecule has 0 spiro atoms. The standard InChI is InChI=1S/C16H23FN2O/c1-16(2)8-4-3-5-14(16)19-10-12-9-11(15(18)20)6-7-13(12)17/h6-7,9,14,19H,3-5,8,10H2,1-2H3,(H2,18,20). The maximum atomic E-state index is 13.8. The Labute approximate surface area is 119 Å². The van der Waals surface area contributed by atoms with Gasteiger partial charge in [0.05, 0.1) is 0 Å². The van der Waals surface area contributed by atoms with E-state index in [2.05, 4.69) is 19.2 Å². The van der Waals surface area contributed by atoms with E-state index in [1.54, 1.807) is 6.07 Å². The smallest absolute Gasteiger partial charge is 0.248 e. The molecule has 1 fully saturated rings. The summed E-state index contributed by atoms with van der Waals surface area (Å²) in [5.74, 6) is -0.819. The highest BCUT2D eigenvalue weighted by Gasteiger charge is 2.31. The monoisotopic (exact) mass is 278 g/mol. The van der Waals surface area contributed by atoms with Crippen molar-refractivity contribution in [2.24, 2.45) is 11.1 Å². The molecule has 110 valence electrons. The molecule has 1 aliphatic carbocycles. The first-order valence-corrected chi connectivity index (χ1v) is 7.22. The van der Waals surface area contributed by atoms with Gasteiger partial charge in [0.1, 0.15) is 5.82 Å². The van der Waals surface area contributed by atoms with Gasteiger partial charge >= 0.3 is 0 Å². The second-order valence-corrected chi connectivity index (χ2v) is 6.34. The Balaban J connectivity index is 2.06. The summed E-state index contributed by atoms with van der Waals surface area (Å²) >= 11 is 0. The molecule has 1 aromatic carbocycles. The van der Waals surface area contributed by atoms with Gasteiger partial charge in [-0.25, -0.2) is 4.39 Å². The molecule has 0 bridgehead atoms. The van der Waals surface area contributed by atoms with Crippen molar-refractivity contribution in [2.45, 2.75) is 52.1 Å². The summed E-state index contributed by atoms with van der Waals surface area (Å²) in [6.07, 6.45) is 4.78. The molecule has 2 rings (SSSR count). The van der Waals surface area contributed by atoms with Crippen LogP contribution < -0.4 is 11.1 Å².